The summed E-state index contributed by atoms with van der Waals surface area (Å²) in [7, 11) is 0. The Morgan fingerprint density at radius 1 is 1.48 bits per heavy atom. The second-order valence-electron chi connectivity index (χ2n) is 4.37. The highest BCUT2D eigenvalue weighted by Gasteiger charge is 2.35. The SMILES string of the molecule is CC(=O)NCC1CN(c2cc(F)c(I)c(F)c2F)C(=O)O1. The van der Waals surface area contributed by atoms with Gasteiger partial charge in [0.05, 0.1) is 22.3 Å². The molecule has 2 amide bonds. The molecule has 1 aliphatic heterocycles. The van der Waals surface area contributed by atoms with Crippen molar-refractivity contribution in [3.8, 4) is 0 Å². The molecule has 2 rings (SSSR count). The monoisotopic (exact) mass is 414 g/mol. The van der Waals surface area contributed by atoms with Crippen LogP contribution in [0.15, 0.2) is 6.07 Å². The lowest BCUT2D eigenvalue weighted by Crippen LogP contribution is -2.33. The van der Waals surface area contributed by atoms with Crippen LogP contribution in [0, 0.1) is 21.0 Å². The molecule has 1 unspecified atom stereocenters. The molecule has 1 atom stereocenters. The van der Waals surface area contributed by atoms with Crippen molar-refractivity contribution in [1.82, 2.24) is 5.32 Å². The van der Waals surface area contributed by atoms with Crippen molar-refractivity contribution in [3.63, 3.8) is 0 Å². The maximum Gasteiger partial charge on any atom is 0.414 e. The third kappa shape index (κ3) is 3.22. The molecular formula is C12H10F3IN2O3. The van der Waals surface area contributed by atoms with E-state index in [1.165, 1.54) is 29.5 Å². The Labute approximate surface area is 131 Å². The molecule has 1 aliphatic rings. The van der Waals surface area contributed by atoms with E-state index in [9.17, 15) is 22.8 Å². The number of halogens is 4. The zero-order valence-corrected chi connectivity index (χ0v) is 12.9. The number of hydrogen-bond acceptors (Lipinski definition) is 3. The Balaban J connectivity index is 2.23. The van der Waals surface area contributed by atoms with E-state index >= 15 is 0 Å². The average molecular weight is 414 g/mol. The van der Waals surface area contributed by atoms with Crippen LogP contribution < -0.4 is 10.2 Å². The largest absolute Gasteiger partial charge is 0.442 e. The number of hydrogen-bond donors (Lipinski definition) is 1. The van der Waals surface area contributed by atoms with Gasteiger partial charge in [-0.05, 0) is 22.6 Å². The zero-order valence-electron chi connectivity index (χ0n) is 10.8. The summed E-state index contributed by atoms with van der Waals surface area (Å²) in [5, 5.41) is 2.44. The molecule has 1 aromatic carbocycles. The van der Waals surface area contributed by atoms with Gasteiger partial charge in [0.15, 0.2) is 11.6 Å². The Morgan fingerprint density at radius 2 is 2.14 bits per heavy atom. The van der Waals surface area contributed by atoms with Crippen molar-refractivity contribution < 1.29 is 27.5 Å². The first-order chi connectivity index (χ1) is 9.81. The number of nitrogens with zero attached hydrogens (tertiary/aromatic N) is 1. The lowest BCUT2D eigenvalue weighted by Gasteiger charge is -2.15. The van der Waals surface area contributed by atoms with Crippen molar-refractivity contribution in [3.05, 3.63) is 27.1 Å². The predicted molar refractivity (Wildman–Crippen MR) is 75.3 cm³/mol. The van der Waals surface area contributed by atoms with Crippen LogP contribution in [0.4, 0.5) is 23.7 Å². The molecule has 0 aliphatic carbocycles. The summed E-state index contributed by atoms with van der Waals surface area (Å²) in [6.45, 7) is 1.21. The van der Waals surface area contributed by atoms with E-state index in [0.717, 1.165) is 11.0 Å². The number of ether oxygens (including phenoxy) is 1. The smallest absolute Gasteiger partial charge is 0.414 e. The van der Waals surface area contributed by atoms with Crippen molar-refractivity contribution in [1.29, 1.82) is 0 Å². The van der Waals surface area contributed by atoms with Crippen LogP contribution in [0.2, 0.25) is 0 Å². The van der Waals surface area contributed by atoms with E-state index in [4.69, 9.17) is 4.74 Å². The first-order valence-corrected chi connectivity index (χ1v) is 6.94. The summed E-state index contributed by atoms with van der Waals surface area (Å²) in [6, 6.07) is 0.738. The first kappa shape index (κ1) is 15.9. The highest BCUT2D eigenvalue weighted by atomic mass is 127. The summed E-state index contributed by atoms with van der Waals surface area (Å²) in [6.07, 6.45) is -1.64. The number of carbonyl (C=O) groups is 2. The van der Waals surface area contributed by atoms with E-state index in [0.29, 0.717) is 0 Å². The third-order valence-corrected chi connectivity index (χ3v) is 3.82. The summed E-state index contributed by atoms with van der Waals surface area (Å²) >= 11 is 1.33. The molecule has 0 radical (unpaired) electrons. The highest BCUT2D eigenvalue weighted by Crippen LogP contribution is 2.30. The Hall–Kier alpha value is -1.52. The van der Waals surface area contributed by atoms with Crippen LogP contribution >= 0.6 is 22.6 Å². The quantitative estimate of drug-likeness (QED) is 0.469. The molecule has 9 heteroatoms. The third-order valence-electron chi connectivity index (χ3n) is 2.83. The molecule has 1 saturated heterocycles. The molecule has 1 heterocycles. The molecular weight excluding hydrogens is 404 g/mol. The van der Waals surface area contributed by atoms with E-state index in [-0.39, 0.29) is 19.0 Å². The molecule has 1 fully saturated rings. The van der Waals surface area contributed by atoms with Gasteiger partial charge in [-0.2, -0.15) is 0 Å². The van der Waals surface area contributed by atoms with Gasteiger partial charge in [0.2, 0.25) is 5.91 Å². The first-order valence-electron chi connectivity index (χ1n) is 5.86. The van der Waals surface area contributed by atoms with E-state index < -0.39 is 38.9 Å². The van der Waals surface area contributed by atoms with Gasteiger partial charge in [-0.25, -0.2) is 18.0 Å². The molecule has 21 heavy (non-hydrogen) atoms. The maximum atomic E-state index is 13.8. The minimum atomic E-state index is -1.36. The summed E-state index contributed by atoms with van der Waals surface area (Å²) in [5.74, 6) is -3.97. The lowest BCUT2D eigenvalue weighted by atomic mass is 10.2. The van der Waals surface area contributed by atoms with Crippen LogP contribution in [0.25, 0.3) is 0 Å². The fraction of sp³-hybridized carbons (Fsp3) is 0.333. The van der Waals surface area contributed by atoms with Crippen molar-refractivity contribution in [2.24, 2.45) is 0 Å². The van der Waals surface area contributed by atoms with Crippen LogP contribution in [0.3, 0.4) is 0 Å². The lowest BCUT2D eigenvalue weighted by molar-refractivity contribution is -0.119. The molecule has 5 nitrogen and oxygen atoms in total. The summed E-state index contributed by atoms with van der Waals surface area (Å²) in [4.78, 5) is 23.3. The van der Waals surface area contributed by atoms with Crippen molar-refractivity contribution in [2.45, 2.75) is 13.0 Å². The Morgan fingerprint density at radius 3 is 2.76 bits per heavy atom. The number of cyclic esters (lactones) is 1. The second-order valence-corrected chi connectivity index (χ2v) is 5.45. The Bertz CT molecular complexity index is 612. The van der Waals surface area contributed by atoms with Crippen molar-refractivity contribution >= 4 is 40.3 Å². The van der Waals surface area contributed by atoms with Gasteiger partial charge in [0, 0.05) is 13.0 Å². The molecule has 0 saturated carbocycles. The number of amides is 2. The van der Waals surface area contributed by atoms with Crippen LogP contribution in [0.1, 0.15) is 6.92 Å². The van der Waals surface area contributed by atoms with Gasteiger partial charge in [-0.15, -0.1) is 0 Å². The zero-order chi connectivity index (χ0) is 15.7. The van der Waals surface area contributed by atoms with E-state index in [1.807, 2.05) is 0 Å². The normalized spacial score (nSPS) is 17.9. The molecule has 114 valence electrons. The van der Waals surface area contributed by atoms with E-state index in [2.05, 4.69) is 5.32 Å². The van der Waals surface area contributed by atoms with E-state index in [1.54, 1.807) is 0 Å². The molecule has 0 aromatic heterocycles. The molecule has 1 aromatic rings. The fourth-order valence-electron chi connectivity index (χ4n) is 1.84. The molecule has 1 N–H and O–H groups in total. The Kier molecular flexibility index (Phi) is 4.59. The number of rotatable bonds is 3. The van der Waals surface area contributed by atoms with Gasteiger partial charge in [-0.1, -0.05) is 0 Å². The topological polar surface area (TPSA) is 58.6 Å². The number of benzene rings is 1. The summed E-state index contributed by atoms with van der Waals surface area (Å²) < 4.78 is 45.3. The standard InChI is InChI=1S/C12H10F3IN2O3/c1-5(19)17-3-6-4-18(12(20)21-6)8-2-7(13)11(16)10(15)9(8)14/h2,6H,3-4H2,1H3,(H,17,19). The number of nitrogens with one attached hydrogen (secondary N) is 1. The van der Waals surface area contributed by atoms with Gasteiger partial charge in [0.25, 0.3) is 0 Å². The molecule has 0 bridgehead atoms. The van der Waals surface area contributed by atoms with Crippen LogP contribution in [0.5, 0.6) is 0 Å². The fourth-order valence-corrected chi connectivity index (χ4v) is 2.23. The number of carbonyl (C=O) groups excluding carboxylic acids is 2. The second kappa shape index (κ2) is 6.08. The maximum absolute atomic E-state index is 13.8. The highest BCUT2D eigenvalue weighted by molar-refractivity contribution is 14.1. The van der Waals surface area contributed by atoms with Gasteiger partial charge < -0.3 is 10.1 Å². The van der Waals surface area contributed by atoms with Crippen LogP contribution in [-0.2, 0) is 9.53 Å². The van der Waals surface area contributed by atoms with Gasteiger partial charge in [-0.3, -0.25) is 9.69 Å². The summed E-state index contributed by atoms with van der Waals surface area (Å²) in [5.41, 5.74) is -0.527. The van der Waals surface area contributed by atoms with Crippen LogP contribution in [-0.4, -0.2) is 31.2 Å². The minimum Gasteiger partial charge on any atom is -0.442 e. The van der Waals surface area contributed by atoms with Crippen molar-refractivity contribution in [2.75, 3.05) is 18.0 Å². The predicted octanol–water partition coefficient (Wildman–Crippen LogP) is 2.17. The average Bonchev–Trinajstić information content (AvgIpc) is 2.79. The minimum absolute atomic E-state index is 0.0362. The molecule has 0 spiro atoms. The van der Waals surface area contributed by atoms with Gasteiger partial charge in [0.1, 0.15) is 11.9 Å². The van der Waals surface area contributed by atoms with Gasteiger partial charge >= 0.3 is 6.09 Å². The number of anilines is 1.